The van der Waals surface area contributed by atoms with Crippen molar-refractivity contribution in [3.05, 3.63) is 34.1 Å². The normalized spacial score (nSPS) is 10.3. The van der Waals surface area contributed by atoms with Crippen molar-refractivity contribution in [2.24, 2.45) is 0 Å². The summed E-state index contributed by atoms with van der Waals surface area (Å²) in [5.41, 5.74) is -0.281. The fraction of sp³-hybridized carbons (Fsp3) is 0.538. The van der Waals surface area contributed by atoms with E-state index in [-0.39, 0.29) is 11.4 Å². The summed E-state index contributed by atoms with van der Waals surface area (Å²) < 4.78 is 18.4. The van der Waals surface area contributed by atoms with Gasteiger partial charge in [-0.15, -0.1) is 0 Å². The molecule has 0 atom stereocenters. The van der Waals surface area contributed by atoms with Crippen molar-refractivity contribution in [3.8, 4) is 5.75 Å². The number of nitrogens with zero attached hydrogens (tertiary/aromatic N) is 1. The van der Waals surface area contributed by atoms with Crippen molar-refractivity contribution in [1.82, 2.24) is 0 Å². The lowest BCUT2D eigenvalue weighted by atomic mass is 10.2. The van der Waals surface area contributed by atoms with Crippen LogP contribution in [0.4, 0.5) is 10.1 Å². The molecule has 0 aliphatic carbocycles. The Balaban J connectivity index is 2.40. The van der Waals surface area contributed by atoms with Crippen molar-refractivity contribution in [1.29, 1.82) is 0 Å². The maximum Gasteiger partial charge on any atom is 0.276 e. The minimum absolute atomic E-state index is 0.220. The molecule has 0 fully saturated rings. The largest absolute Gasteiger partial charge is 0.493 e. The highest BCUT2D eigenvalue weighted by Crippen LogP contribution is 2.22. The highest BCUT2D eigenvalue weighted by molar-refractivity contribution is 5.38. The van der Waals surface area contributed by atoms with E-state index in [0.717, 1.165) is 25.3 Å². The van der Waals surface area contributed by atoms with Crippen LogP contribution in [0.5, 0.6) is 5.75 Å². The van der Waals surface area contributed by atoms with Crippen LogP contribution in [0.3, 0.4) is 0 Å². The van der Waals surface area contributed by atoms with Crippen molar-refractivity contribution in [3.63, 3.8) is 0 Å². The second kappa shape index (κ2) is 7.63. The van der Waals surface area contributed by atoms with Crippen molar-refractivity contribution in [2.75, 3.05) is 6.61 Å². The number of benzene rings is 1. The molecule has 0 aliphatic rings. The van der Waals surface area contributed by atoms with Crippen molar-refractivity contribution < 1.29 is 14.1 Å². The number of non-ortho nitro benzene ring substituents is 1. The van der Waals surface area contributed by atoms with Crippen LogP contribution in [-0.2, 0) is 0 Å². The van der Waals surface area contributed by atoms with Crippen molar-refractivity contribution in [2.45, 2.75) is 39.0 Å². The summed E-state index contributed by atoms with van der Waals surface area (Å²) in [5, 5.41) is 10.5. The Labute approximate surface area is 106 Å². The van der Waals surface area contributed by atoms with Crippen LogP contribution >= 0.6 is 0 Å². The van der Waals surface area contributed by atoms with Gasteiger partial charge in [0.15, 0.2) is 0 Å². The summed E-state index contributed by atoms with van der Waals surface area (Å²) in [6.07, 6.45) is 5.47. The van der Waals surface area contributed by atoms with E-state index in [0.29, 0.717) is 6.61 Å². The van der Waals surface area contributed by atoms with Crippen LogP contribution < -0.4 is 4.74 Å². The third-order valence-corrected chi connectivity index (χ3v) is 2.58. The number of rotatable bonds is 8. The molecule has 0 bridgehead atoms. The Hall–Kier alpha value is -1.65. The van der Waals surface area contributed by atoms with E-state index in [4.69, 9.17) is 4.74 Å². The van der Waals surface area contributed by atoms with Crippen LogP contribution in [0.25, 0.3) is 0 Å². The van der Waals surface area contributed by atoms with Gasteiger partial charge in [-0.3, -0.25) is 10.1 Å². The molecule has 0 radical (unpaired) electrons. The summed E-state index contributed by atoms with van der Waals surface area (Å²) in [7, 11) is 0. The zero-order chi connectivity index (χ0) is 13.4. The molecule has 0 aromatic heterocycles. The molecule has 0 aliphatic heterocycles. The lowest BCUT2D eigenvalue weighted by molar-refractivity contribution is -0.385. The summed E-state index contributed by atoms with van der Waals surface area (Å²) in [5.74, 6) is -0.428. The number of nitro groups is 1. The number of unbranched alkanes of at least 4 members (excludes halogenated alkanes) is 4. The molecule has 1 rings (SSSR count). The summed E-state index contributed by atoms with van der Waals surface area (Å²) in [6, 6.07) is 3.29. The molecule has 5 heteroatoms. The first kappa shape index (κ1) is 14.4. The van der Waals surface area contributed by atoms with Gasteiger partial charge in [0.25, 0.3) is 5.69 Å². The molecule has 18 heavy (non-hydrogen) atoms. The van der Waals surface area contributed by atoms with E-state index >= 15 is 0 Å². The molecule has 0 N–H and O–H groups in total. The van der Waals surface area contributed by atoms with E-state index in [2.05, 4.69) is 6.92 Å². The van der Waals surface area contributed by atoms with Gasteiger partial charge in [0.05, 0.1) is 23.7 Å². The summed E-state index contributed by atoms with van der Waals surface area (Å²) in [4.78, 5) is 9.91. The molecule has 100 valence electrons. The third kappa shape index (κ3) is 5.12. The van der Waals surface area contributed by atoms with Gasteiger partial charge in [-0.25, -0.2) is 4.39 Å². The van der Waals surface area contributed by atoms with Gasteiger partial charge in [0.2, 0.25) is 0 Å². The molecule has 4 nitrogen and oxygen atoms in total. The van der Waals surface area contributed by atoms with Gasteiger partial charge in [-0.2, -0.15) is 0 Å². The van der Waals surface area contributed by atoms with Crippen LogP contribution in [0.1, 0.15) is 39.0 Å². The molecular weight excluding hydrogens is 237 g/mol. The first-order valence-electron chi connectivity index (χ1n) is 6.21. The van der Waals surface area contributed by atoms with Crippen molar-refractivity contribution >= 4 is 5.69 Å². The average molecular weight is 255 g/mol. The van der Waals surface area contributed by atoms with E-state index < -0.39 is 10.7 Å². The molecular formula is C13H18FNO3. The summed E-state index contributed by atoms with van der Waals surface area (Å²) >= 11 is 0. The quantitative estimate of drug-likeness (QED) is 0.399. The maximum absolute atomic E-state index is 13.1. The second-order valence-electron chi connectivity index (χ2n) is 4.16. The Morgan fingerprint density at radius 3 is 2.61 bits per heavy atom. The molecule has 1 aromatic carbocycles. The van der Waals surface area contributed by atoms with Gasteiger partial charge < -0.3 is 4.74 Å². The monoisotopic (exact) mass is 255 g/mol. The first-order chi connectivity index (χ1) is 8.63. The van der Waals surface area contributed by atoms with Crippen LogP contribution in [0, 0.1) is 15.9 Å². The predicted octanol–water partition coefficient (Wildman–Crippen LogP) is 4.08. The highest BCUT2D eigenvalue weighted by atomic mass is 19.1. The number of hydrogen-bond donors (Lipinski definition) is 0. The van der Waals surface area contributed by atoms with Crippen LogP contribution in [-0.4, -0.2) is 11.5 Å². The third-order valence-electron chi connectivity index (χ3n) is 2.58. The minimum Gasteiger partial charge on any atom is -0.493 e. The van der Waals surface area contributed by atoms with Crippen LogP contribution in [0.15, 0.2) is 18.2 Å². The molecule has 0 unspecified atom stereocenters. The van der Waals surface area contributed by atoms with E-state index in [1.807, 2.05) is 0 Å². The highest BCUT2D eigenvalue weighted by Gasteiger charge is 2.10. The number of ether oxygens (including phenoxy) is 1. The smallest absolute Gasteiger partial charge is 0.276 e. The van der Waals surface area contributed by atoms with Gasteiger partial charge in [0, 0.05) is 6.07 Å². The maximum atomic E-state index is 13.1. The van der Waals surface area contributed by atoms with E-state index in [1.165, 1.54) is 25.0 Å². The number of halogens is 1. The average Bonchev–Trinajstić information content (AvgIpc) is 2.33. The summed E-state index contributed by atoms with van der Waals surface area (Å²) in [6.45, 7) is 2.60. The van der Waals surface area contributed by atoms with Gasteiger partial charge in [0.1, 0.15) is 11.6 Å². The zero-order valence-corrected chi connectivity index (χ0v) is 10.5. The molecule has 0 spiro atoms. The Bertz CT molecular complexity index is 396. The fourth-order valence-corrected chi connectivity index (χ4v) is 1.63. The number of nitro benzene ring substituents is 1. The predicted molar refractivity (Wildman–Crippen MR) is 67.3 cm³/mol. The molecule has 0 heterocycles. The lowest BCUT2D eigenvalue weighted by Crippen LogP contribution is -1.99. The Morgan fingerprint density at radius 2 is 1.94 bits per heavy atom. The molecule has 1 aromatic rings. The van der Waals surface area contributed by atoms with E-state index in [9.17, 15) is 14.5 Å². The van der Waals surface area contributed by atoms with Gasteiger partial charge in [-0.05, 0) is 6.42 Å². The van der Waals surface area contributed by atoms with E-state index in [1.54, 1.807) is 0 Å². The van der Waals surface area contributed by atoms with Crippen LogP contribution in [0.2, 0.25) is 0 Å². The molecule has 0 saturated carbocycles. The number of hydrogen-bond acceptors (Lipinski definition) is 3. The van der Waals surface area contributed by atoms with Gasteiger partial charge in [-0.1, -0.05) is 32.6 Å². The minimum atomic E-state index is -0.648. The van der Waals surface area contributed by atoms with Gasteiger partial charge >= 0.3 is 0 Å². The molecule has 0 amide bonds. The standard InChI is InChI=1S/C13H18FNO3/c1-2-3-4-5-6-7-18-13-9-11(14)8-12(10-13)15(16)17/h8-10H,2-7H2,1H3. The lowest BCUT2D eigenvalue weighted by Gasteiger charge is -2.06. The molecule has 0 saturated heterocycles. The Morgan fingerprint density at radius 1 is 1.22 bits per heavy atom. The topological polar surface area (TPSA) is 52.4 Å². The Kier molecular flexibility index (Phi) is 6.11. The zero-order valence-electron chi connectivity index (χ0n) is 10.5. The SMILES string of the molecule is CCCCCCCOc1cc(F)cc([N+](=O)[O-])c1. The first-order valence-corrected chi connectivity index (χ1v) is 6.21. The fourth-order valence-electron chi connectivity index (χ4n) is 1.63. The second-order valence-corrected chi connectivity index (χ2v) is 4.16.